The van der Waals surface area contributed by atoms with Crippen LogP contribution in [0.2, 0.25) is 0 Å². The van der Waals surface area contributed by atoms with Gasteiger partial charge < -0.3 is 10.4 Å². The number of carbonyl (C=O) groups is 2. The molecule has 0 radical (unpaired) electrons. The molecular weight excluding hydrogens is 240 g/mol. The van der Waals surface area contributed by atoms with Gasteiger partial charge in [-0.05, 0) is 6.92 Å². The Kier molecular flexibility index (Phi) is 4.62. The van der Waals surface area contributed by atoms with Crippen LogP contribution in [-0.4, -0.2) is 22.0 Å². The Morgan fingerprint density at radius 2 is 2.00 bits per heavy atom. The number of carboxylic acid groups (broad SMARTS) is 1. The molecule has 0 aromatic carbocycles. The molecule has 1 amide bonds. The Hall–Kier alpha value is -1.43. The number of carboxylic acids is 1. The largest absolute Gasteiger partial charge is 0.481 e. The molecule has 2 N–H and O–H groups in total. The zero-order valence-corrected chi connectivity index (χ0v) is 10.8. The van der Waals surface area contributed by atoms with E-state index in [2.05, 4.69) is 10.3 Å². The van der Waals surface area contributed by atoms with E-state index >= 15 is 0 Å². The monoisotopic (exact) mass is 256 g/mol. The quantitative estimate of drug-likeness (QED) is 0.840. The molecule has 1 heterocycles. The molecule has 3 atom stereocenters. The standard InChI is InChI=1S/C11H16N2O3S/c1-6(7(2)11(15)16)9(14)13-8(3)10-12-4-5-17-10/h4-8H,1-3H3,(H,13,14)(H,15,16). The lowest BCUT2D eigenvalue weighted by Crippen LogP contribution is -2.36. The molecule has 5 nitrogen and oxygen atoms in total. The number of nitrogens with one attached hydrogen (secondary N) is 1. The summed E-state index contributed by atoms with van der Waals surface area (Å²) in [4.78, 5) is 26.7. The van der Waals surface area contributed by atoms with Crippen molar-refractivity contribution in [1.29, 1.82) is 0 Å². The summed E-state index contributed by atoms with van der Waals surface area (Å²) >= 11 is 1.46. The lowest BCUT2D eigenvalue weighted by molar-refractivity contribution is -0.146. The highest BCUT2D eigenvalue weighted by atomic mass is 32.1. The highest BCUT2D eigenvalue weighted by molar-refractivity contribution is 7.09. The Morgan fingerprint density at radius 1 is 1.35 bits per heavy atom. The zero-order chi connectivity index (χ0) is 13.0. The number of hydrogen-bond donors (Lipinski definition) is 2. The van der Waals surface area contributed by atoms with Crippen LogP contribution >= 0.6 is 11.3 Å². The first kappa shape index (κ1) is 13.6. The highest BCUT2D eigenvalue weighted by Gasteiger charge is 2.26. The van der Waals surface area contributed by atoms with Gasteiger partial charge in [0.1, 0.15) is 5.01 Å². The van der Waals surface area contributed by atoms with Gasteiger partial charge in [0.2, 0.25) is 5.91 Å². The minimum absolute atomic E-state index is 0.189. The zero-order valence-electron chi connectivity index (χ0n) is 10.0. The van der Waals surface area contributed by atoms with Crippen molar-refractivity contribution in [3.05, 3.63) is 16.6 Å². The summed E-state index contributed by atoms with van der Waals surface area (Å²) in [6.07, 6.45) is 1.67. The number of amides is 1. The van der Waals surface area contributed by atoms with Gasteiger partial charge >= 0.3 is 5.97 Å². The van der Waals surface area contributed by atoms with Crippen molar-refractivity contribution in [2.75, 3.05) is 0 Å². The van der Waals surface area contributed by atoms with E-state index in [-0.39, 0.29) is 11.9 Å². The summed E-state index contributed by atoms with van der Waals surface area (Å²) in [6, 6.07) is -0.189. The molecule has 0 aliphatic rings. The van der Waals surface area contributed by atoms with Gasteiger partial charge in [0, 0.05) is 17.5 Å². The molecule has 3 unspecified atom stereocenters. The molecule has 17 heavy (non-hydrogen) atoms. The van der Waals surface area contributed by atoms with Gasteiger partial charge in [-0.2, -0.15) is 0 Å². The summed E-state index contributed by atoms with van der Waals surface area (Å²) in [5, 5.41) is 14.2. The average Bonchev–Trinajstić information content (AvgIpc) is 2.80. The molecule has 0 saturated carbocycles. The van der Waals surface area contributed by atoms with Gasteiger partial charge in [-0.3, -0.25) is 9.59 Å². The van der Waals surface area contributed by atoms with Crippen LogP contribution in [0.5, 0.6) is 0 Å². The van der Waals surface area contributed by atoms with E-state index in [1.807, 2.05) is 12.3 Å². The Labute approximate surface area is 104 Å². The number of hydrogen-bond acceptors (Lipinski definition) is 4. The number of aliphatic carboxylic acids is 1. The van der Waals surface area contributed by atoms with Crippen LogP contribution < -0.4 is 5.32 Å². The maximum Gasteiger partial charge on any atom is 0.307 e. The van der Waals surface area contributed by atoms with Crippen molar-refractivity contribution >= 4 is 23.2 Å². The Morgan fingerprint density at radius 3 is 2.47 bits per heavy atom. The van der Waals surface area contributed by atoms with Gasteiger partial charge in [-0.15, -0.1) is 11.3 Å². The molecular formula is C11H16N2O3S. The molecule has 1 rings (SSSR count). The van der Waals surface area contributed by atoms with Gasteiger partial charge in [0.25, 0.3) is 0 Å². The summed E-state index contributed by atoms with van der Waals surface area (Å²) in [6.45, 7) is 4.97. The Bertz CT molecular complexity index is 391. The minimum atomic E-state index is -0.963. The number of aromatic nitrogens is 1. The van der Waals surface area contributed by atoms with E-state index in [1.165, 1.54) is 18.3 Å². The normalized spacial score (nSPS) is 15.9. The maximum absolute atomic E-state index is 11.8. The van der Waals surface area contributed by atoms with E-state index in [1.54, 1.807) is 13.1 Å². The molecule has 94 valence electrons. The summed E-state index contributed by atoms with van der Waals surface area (Å²) in [5.74, 6) is -2.48. The maximum atomic E-state index is 11.8. The molecule has 0 saturated heterocycles. The second-order valence-corrected chi connectivity index (χ2v) is 4.94. The van der Waals surface area contributed by atoms with Crippen LogP contribution in [0.3, 0.4) is 0 Å². The molecule has 1 aromatic rings. The van der Waals surface area contributed by atoms with Crippen molar-refractivity contribution < 1.29 is 14.7 Å². The van der Waals surface area contributed by atoms with Gasteiger partial charge in [0.05, 0.1) is 12.0 Å². The molecule has 0 fully saturated rings. The SMILES string of the molecule is CC(NC(=O)C(C)C(C)C(=O)O)c1nccs1. The van der Waals surface area contributed by atoms with Crippen LogP contribution in [0.15, 0.2) is 11.6 Å². The number of thiazole rings is 1. The average molecular weight is 256 g/mol. The second kappa shape index (κ2) is 5.77. The van der Waals surface area contributed by atoms with Crippen LogP contribution in [0, 0.1) is 11.8 Å². The topological polar surface area (TPSA) is 79.3 Å². The second-order valence-electron chi connectivity index (χ2n) is 4.02. The summed E-state index contributed by atoms with van der Waals surface area (Å²) in [5.41, 5.74) is 0. The van der Waals surface area contributed by atoms with Crippen LogP contribution in [0.25, 0.3) is 0 Å². The molecule has 0 aliphatic carbocycles. The summed E-state index contributed by atoms with van der Waals surface area (Å²) in [7, 11) is 0. The van der Waals surface area contributed by atoms with Crippen LogP contribution in [0.1, 0.15) is 31.8 Å². The van der Waals surface area contributed by atoms with Gasteiger partial charge in [-0.1, -0.05) is 13.8 Å². The van der Waals surface area contributed by atoms with E-state index in [4.69, 9.17) is 5.11 Å². The first-order valence-electron chi connectivity index (χ1n) is 5.36. The first-order chi connectivity index (χ1) is 7.93. The van der Waals surface area contributed by atoms with Crippen molar-refractivity contribution in [2.24, 2.45) is 11.8 Å². The molecule has 6 heteroatoms. The third-order valence-electron chi connectivity index (χ3n) is 2.73. The van der Waals surface area contributed by atoms with Crippen molar-refractivity contribution in [3.8, 4) is 0 Å². The lowest BCUT2D eigenvalue weighted by Gasteiger charge is -2.18. The fraction of sp³-hybridized carbons (Fsp3) is 0.545. The van der Waals surface area contributed by atoms with E-state index < -0.39 is 17.8 Å². The van der Waals surface area contributed by atoms with Gasteiger partial charge in [-0.25, -0.2) is 4.98 Å². The fourth-order valence-corrected chi connectivity index (χ4v) is 1.94. The van der Waals surface area contributed by atoms with Crippen LogP contribution in [-0.2, 0) is 9.59 Å². The van der Waals surface area contributed by atoms with E-state index in [0.29, 0.717) is 0 Å². The lowest BCUT2D eigenvalue weighted by atomic mass is 9.95. The third kappa shape index (κ3) is 3.52. The first-order valence-corrected chi connectivity index (χ1v) is 6.24. The third-order valence-corrected chi connectivity index (χ3v) is 3.69. The van der Waals surface area contributed by atoms with Gasteiger partial charge in [0.15, 0.2) is 0 Å². The molecule has 0 spiro atoms. The number of carbonyl (C=O) groups excluding carboxylic acids is 1. The molecule has 1 aromatic heterocycles. The number of nitrogens with zero attached hydrogens (tertiary/aromatic N) is 1. The van der Waals surface area contributed by atoms with E-state index in [9.17, 15) is 9.59 Å². The van der Waals surface area contributed by atoms with E-state index in [0.717, 1.165) is 5.01 Å². The molecule has 0 aliphatic heterocycles. The van der Waals surface area contributed by atoms with Crippen molar-refractivity contribution in [3.63, 3.8) is 0 Å². The van der Waals surface area contributed by atoms with Crippen molar-refractivity contribution in [1.82, 2.24) is 10.3 Å². The van der Waals surface area contributed by atoms with Crippen molar-refractivity contribution in [2.45, 2.75) is 26.8 Å². The smallest absolute Gasteiger partial charge is 0.307 e. The number of rotatable bonds is 5. The Balaban J connectivity index is 2.57. The highest BCUT2D eigenvalue weighted by Crippen LogP contribution is 2.17. The predicted molar refractivity (Wildman–Crippen MR) is 64.6 cm³/mol. The predicted octanol–water partition coefficient (Wildman–Crippen LogP) is 1.68. The molecule has 0 bridgehead atoms. The minimum Gasteiger partial charge on any atom is -0.481 e. The fourth-order valence-electron chi connectivity index (χ4n) is 1.30. The van der Waals surface area contributed by atoms with Crippen LogP contribution in [0.4, 0.5) is 0 Å². The summed E-state index contributed by atoms with van der Waals surface area (Å²) < 4.78 is 0.